The van der Waals surface area contributed by atoms with E-state index >= 15 is 0 Å². The lowest BCUT2D eigenvalue weighted by atomic mass is 10.1. The Kier molecular flexibility index (Phi) is 68.9. The van der Waals surface area contributed by atoms with Crippen LogP contribution in [0.3, 0.4) is 0 Å². The zero-order valence-corrected chi connectivity index (χ0v) is 63.7. The quantitative estimate of drug-likeness (QED) is 0.0169. The standard InChI is InChI=1S/C79H140O17P2/c1-5-9-13-17-21-25-29-33-35-36-38-42-46-50-54-58-62-66-79(84)96-75(69-89-76(81)63-59-55-51-47-43-39-31-27-23-19-15-11-7-3)72-94-98(87,88)92-68-73(80)67-91-97(85,86)93-71-74(95-78(83)65-61-57-53-49-45-40-32-28-24-20-16-12-8-4)70-90-77(82)64-60-56-52-48-44-41-37-34-30-26-22-18-14-10-6-2/h21,25,27-28,31-35,37-38,42,50,54,73-75,80H,5-20,22-24,26,29-30,36,39-41,43-49,51-53,55-72H2,1-4H3,(H,85,86)(H,87,88)/b25-21-,31-27-,32-28-,35-33-,37-34-,42-38-,54-50-/t73-,74-,75-/m1/s1. The first-order valence-electron chi connectivity index (χ1n) is 38.8. The van der Waals surface area contributed by atoms with E-state index in [9.17, 15) is 43.2 Å². The minimum absolute atomic E-state index is 0.0186. The topological polar surface area (TPSA) is 237 Å². The van der Waals surface area contributed by atoms with Crippen LogP contribution >= 0.6 is 15.6 Å². The molecule has 0 aromatic rings. The molecule has 0 rings (SSSR count). The minimum atomic E-state index is -4.99. The molecule has 5 atom stereocenters. The van der Waals surface area contributed by atoms with Crippen molar-refractivity contribution >= 4 is 39.5 Å². The monoisotopic (exact) mass is 1420 g/mol. The van der Waals surface area contributed by atoms with Crippen LogP contribution in [0, 0.1) is 0 Å². The minimum Gasteiger partial charge on any atom is -0.462 e. The van der Waals surface area contributed by atoms with E-state index in [4.69, 9.17) is 37.0 Å². The highest BCUT2D eigenvalue weighted by atomic mass is 31.2. The number of allylic oxidation sites excluding steroid dienone is 14. The second-order valence-electron chi connectivity index (χ2n) is 25.9. The molecule has 0 fully saturated rings. The largest absolute Gasteiger partial charge is 0.472 e. The third-order valence-corrected chi connectivity index (χ3v) is 18.2. The normalized spacial score (nSPS) is 14.4. The van der Waals surface area contributed by atoms with Gasteiger partial charge in [-0.1, -0.05) is 254 Å². The van der Waals surface area contributed by atoms with Gasteiger partial charge in [-0.2, -0.15) is 0 Å². The predicted molar refractivity (Wildman–Crippen MR) is 399 cm³/mol. The number of phosphoric ester groups is 2. The molecule has 0 aliphatic carbocycles. The van der Waals surface area contributed by atoms with Gasteiger partial charge in [0.2, 0.25) is 0 Å². The number of aliphatic hydroxyl groups excluding tert-OH is 1. The number of rotatable bonds is 73. The third-order valence-electron chi connectivity index (χ3n) is 16.3. The van der Waals surface area contributed by atoms with Gasteiger partial charge in [0, 0.05) is 25.7 Å². The van der Waals surface area contributed by atoms with Crippen molar-refractivity contribution in [3.63, 3.8) is 0 Å². The number of hydrogen-bond acceptors (Lipinski definition) is 15. The van der Waals surface area contributed by atoms with Crippen molar-refractivity contribution in [3.05, 3.63) is 85.1 Å². The molecule has 2 unspecified atom stereocenters. The summed E-state index contributed by atoms with van der Waals surface area (Å²) in [4.78, 5) is 72.8. The summed E-state index contributed by atoms with van der Waals surface area (Å²) in [6.45, 7) is 4.75. The Morgan fingerprint density at radius 2 is 0.510 bits per heavy atom. The second kappa shape index (κ2) is 71.6. The van der Waals surface area contributed by atoms with Crippen molar-refractivity contribution in [1.29, 1.82) is 0 Å². The molecule has 17 nitrogen and oxygen atoms in total. The van der Waals surface area contributed by atoms with Gasteiger partial charge in [0.15, 0.2) is 12.2 Å². The van der Waals surface area contributed by atoms with Crippen LogP contribution in [-0.2, 0) is 65.4 Å². The first-order chi connectivity index (χ1) is 47.7. The van der Waals surface area contributed by atoms with Crippen LogP contribution in [0.15, 0.2) is 85.1 Å². The number of aliphatic hydroxyl groups is 1. The van der Waals surface area contributed by atoms with Gasteiger partial charge in [-0.25, -0.2) is 9.13 Å². The van der Waals surface area contributed by atoms with Gasteiger partial charge in [0.05, 0.1) is 26.4 Å². The molecule has 0 spiro atoms. The third kappa shape index (κ3) is 70.7. The van der Waals surface area contributed by atoms with E-state index < -0.39 is 97.5 Å². The van der Waals surface area contributed by atoms with E-state index in [0.717, 1.165) is 141 Å². The van der Waals surface area contributed by atoms with Gasteiger partial charge in [-0.05, 0) is 141 Å². The van der Waals surface area contributed by atoms with Crippen molar-refractivity contribution in [3.8, 4) is 0 Å². The second-order valence-corrected chi connectivity index (χ2v) is 28.8. The first-order valence-corrected chi connectivity index (χ1v) is 41.8. The fourth-order valence-corrected chi connectivity index (χ4v) is 11.9. The zero-order chi connectivity index (χ0) is 71.8. The number of unbranched alkanes of at least 4 members (excludes halogenated alkanes) is 33. The molecule has 0 saturated carbocycles. The number of phosphoric acid groups is 2. The highest BCUT2D eigenvalue weighted by molar-refractivity contribution is 7.47. The molecule has 0 radical (unpaired) electrons. The van der Waals surface area contributed by atoms with Gasteiger partial charge in [0.1, 0.15) is 19.3 Å². The van der Waals surface area contributed by atoms with Crippen LogP contribution in [-0.4, -0.2) is 96.7 Å². The summed E-state index contributed by atoms with van der Waals surface area (Å²) in [6, 6.07) is 0. The Morgan fingerprint density at radius 3 is 0.847 bits per heavy atom. The maximum Gasteiger partial charge on any atom is 0.472 e. The van der Waals surface area contributed by atoms with E-state index in [0.29, 0.717) is 32.1 Å². The number of esters is 4. The fraction of sp³-hybridized carbons (Fsp3) is 0.772. The molecular weight excluding hydrogens is 1280 g/mol. The molecule has 19 heteroatoms. The van der Waals surface area contributed by atoms with Gasteiger partial charge in [0.25, 0.3) is 0 Å². The van der Waals surface area contributed by atoms with Gasteiger partial charge in [-0.15, -0.1) is 0 Å². The van der Waals surface area contributed by atoms with Gasteiger partial charge >= 0.3 is 39.5 Å². The SMILES string of the molecule is CCCCC/C=C\C/C=C\C/C=C\C/C=C\CCCC(=O)O[C@H](COC(=O)CCCCCCC/C=C\CCCCCC)COP(=O)(O)OC[C@H](O)COP(=O)(O)OC[C@@H](COC(=O)CCCCCCC/C=C\CCCCCCCC)OC(=O)CCCCCCC/C=C\CCCCCC. The van der Waals surface area contributed by atoms with E-state index in [1.165, 1.54) is 109 Å². The summed E-state index contributed by atoms with van der Waals surface area (Å²) >= 11 is 0. The first kappa shape index (κ1) is 94.2. The van der Waals surface area contributed by atoms with E-state index in [1.54, 1.807) is 0 Å². The van der Waals surface area contributed by atoms with Gasteiger partial charge in [-0.3, -0.25) is 37.3 Å². The summed E-state index contributed by atoms with van der Waals surface area (Å²) in [6.07, 6.45) is 72.9. The van der Waals surface area contributed by atoms with Crippen LogP contribution in [0.5, 0.6) is 0 Å². The van der Waals surface area contributed by atoms with Crippen LogP contribution < -0.4 is 0 Å². The Labute approximate surface area is 595 Å². The molecule has 0 aliphatic rings. The maximum absolute atomic E-state index is 13.1. The van der Waals surface area contributed by atoms with Crippen molar-refractivity contribution in [1.82, 2.24) is 0 Å². The van der Waals surface area contributed by atoms with E-state index in [-0.39, 0.29) is 25.7 Å². The van der Waals surface area contributed by atoms with Crippen molar-refractivity contribution < 1.29 is 80.2 Å². The molecule has 0 heterocycles. The zero-order valence-electron chi connectivity index (χ0n) is 62.0. The predicted octanol–water partition coefficient (Wildman–Crippen LogP) is 22.2. The molecule has 0 aliphatic heterocycles. The lowest BCUT2D eigenvalue weighted by Crippen LogP contribution is -2.30. The van der Waals surface area contributed by atoms with Crippen molar-refractivity contribution in [2.24, 2.45) is 0 Å². The Balaban J connectivity index is 5.40. The highest BCUT2D eigenvalue weighted by Crippen LogP contribution is 2.45. The molecule has 3 N–H and O–H groups in total. The van der Waals surface area contributed by atoms with E-state index in [1.807, 2.05) is 12.2 Å². The molecule has 568 valence electrons. The fourth-order valence-electron chi connectivity index (χ4n) is 10.3. The van der Waals surface area contributed by atoms with Gasteiger partial charge < -0.3 is 33.8 Å². The maximum atomic E-state index is 13.1. The Hall–Kier alpha value is -3.76. The lowest BCUT2D eigenvalue weighted by Gasteiger charge is -2.21. The number of carbonyl (C=O) groups is 4. The molecule has 98 heavy (non-hydrogen) atoms. The van der Waals surface area contributed by atoms with Crippen molar-refractivity contribution in [2.45, 2.75) is 354 Å². The summed E-state index contributed by atoms with van der Waals surface area (Å²) < 4.78 is 68.4. The summed E-state index contributed by atoms with van der Waals surface area (Å²) in [5.41, 5.74) is 0. The molecular formula is C79H140O17P2. The smallest absolute Gasteiger partial charge is 0.462 e. The Bertz CT molecular complexity index is 2190. The summed E-state index contributed by atoms with van der Waals surface area (Å²) in [5.74, 6) is -2.25. The number of carbonyl (C=O) groups excluding carboxylic acids is 4. The number of hydrogen-bond donors (Lipinski definition) is 3. The van der Waals surface area contributed by atoms with Crippen LogP contribution in [0.4, 0.5) is 0 Å². The van der Waals surface area contributed by atoms with E-state index in [2.05, 4.69) is 101 Å². The van der Waals surface area contributed by atoms with Crippen LogP contribution in [0.25, 0.3) is 0 Å². The molecule has 0 bridgehead atoms. The van der Waals surface area contributed by atoms with Crippen LogP contribution in [0.1, 0.15) is 336 Å². The number of ether oxygens (including phenoxy) is 4. The summed E-state index contributed by atoms with van der Waals surface area (Å²) in [7, 11) is -9.97. The van der Waals surface area contributed by atoms with Crippen molar-refractivity contribution in [2.75, 3.05) is 39.6 Å². The molecule has 0 aromatic carbocycles. The summed E-state index contributed by atoms with van der Waals surface area (Å²) in [5, 5.41) is 10.6. The molecule has 0 saturated heterocycles. The molecule has 0 amide bonds. The van der Waals surface area contributed by atoms with Crippen LogP contribution in [0.2, 0.25) is 0 Å². The average molecular weight is 1420 g/mol. The average Bonchev–Trinajstić information content (AvgIpc) is 1.02. The molecule has 0 aromatic heterocycles. The highest BCUT2D eigenvalue weighted by Gasteiger charge is 2.30. The Morgan fingerprint density at radius 1 is 0.286 bits per heavy atom. The lowest BCUT2D eigenvalue weighted by molar-refractivity contribution is -0.161.